The van der Waals surface area contributed by atoms with Gasteiger partial charge < -0.3 is 0 Å². The first-order valence-corrected chi connectivity index (χ1v) is 13.3. The zero-order chi connectivity index (χ0) is 26.5. The fourth-order valence-electron chi connectivity index (χ4n) is 5.29. The minimum absolute atomic E-state index is 0.933. The van der Waals surface area contributed by atoms with Gasteiger partial charge in [0, 0.05) is 32.8 Å². The smallest absolute Gasteiger partial charge is 0.0710 e. The molecule has 0 amide bonds. The number of pyridine rings is 3. The highest BCUT2D eigenvalue weighted by Gasteiger charge is 2.12. The van der Waals surface area contributed by atoms with Crippen molar-refractivity contribution in [2.24, 2.45) is 0 Å². The van der Waals surface area contributed by atoms with Crippen LogP contribution in [0.2, 0.25) is 0 Å². The van der Waals surface area contributed by atoms with Gasteiger partial charge in [-0.25, -0.2) is 15.0 Å². The van der Waals surface area contributed by atoms with Crippen LogP contribution < -0.4 is 0 Å². The Morgan fingerprint density at radius 1 is 0.333 bits per heavy atom. The van der Waals surface area contributed by atoms with Gasteiger partial charge in [-0.05, 0) is 93.6 Å². The van der Waals surface area contributed by atoms with Crippen molar-refractivity contribution in [1.82, 2.24) is 15.0 Å². The largest absolute Gasteiger partial charge is 0.248 e. The second-order valence-corrected chi connectivity index (χ2v) is 10.5. The molecule has 0 aliphatic rings. The summed E-state index contributed by atoms with van der Waals surface area (Å²) in [5.74, 6) is 0. The SMILES string of the molecule is Cc1ccc2nc(-c3cc(-c4ccc5cc(C)ccc5n4)cc(-c4ccc5cc(C)ccc5n4)c3)ccc2c1. The van der Waals surface area contributed by atoms with Gasteiger partial charge in [-0.2, -0.15) is 0 Å². The molecule has 3 nitrogen and oxygen atoms in total. The van der Waals surface area contributed by atoms with Crippen LogP contribution in [0.15, 0.2) is 109 Å². The molecule has 186 valence electrons. The maximum absolute atomic E-state index is 5.03. The molecule has 7 rings (SSSR count). The molecule has 0 saturated heterocycles. The van der Waals surface area contributed by atoms with Crippen LogP contribution in [0.3, 0.4) is 0 Å². The lowest BCUT2D eigenvalue weighted by Crippen LogP contribution is -1.92. The van der Waals surface area contributed by atoms with E-state index >= 15 is 0 Å². The number of aryl methyl sites for hydroxylation is 3. The maximum atomic E-state index is 5.03. The van der Waals surface area contributed by atoms with Crippen molar-refractivity contribution in [3.63, 3.8) is 0 Å². The second-order valence-electron chi connectivity index (χ2n) is 10.5. The first-order chi connectivity index (χ1) is 19.0. The first-order valence-electron chi connectivity index (χ1n) is 13.3. The Bertz CT molecular complexity index is 1810. The highest BCUT2D eigenvalue weighted by Crippen LogP contribution is 2.33. The molecule has 0 bridgehead atoms. The first kappa shape index (κ1) is 23.2. The highest BCUT2D eigenvalue weighted by molar-refractivity contribution is 5.88. The summed E-state index contributed by atoms with van der Waals surface area (Å²) in [6.45, 7) is 6.33. The van der Waals surface area contributed by atoms with Crippen molar-refractivity contribution >= 4 is 32.7 Å². The molecule has 0 atom stereocenters. The molecule has 0 aliphatic carbocycles. The predicted molar refractivity (Wildman–Crippen MR) is 163 cm³/mol. The molecule has 3 heteroatoms. The van der Waals surface area contributed by atoms with Crippen LogP contribution in [0.5, 0.6) is 0 Å². The van der Waals surface area contributed by atoms with Crippen LogP contribution in [-0.2, 0) is 0 Å². The Kier molecular flexibility index (Phi) is 5.45. The van der Waals surface area contributed by atoms with Crippen LogP contribution in [-0.4, -0.2) is 15.0 Å². The molecule has 0 N–H and O–H groups in total. The number of nitrogens with zero attached hydrogens (tertiary/aromatic N) is 3. The number of aromatic nitrogens is 3. The van der Waals surface area contributed by atoms with E-state index in [1.54, 1.807) is 0 Å². The van der Waals surface area contributed by atoms with Gasteiger partial charge in [-0.15, -0.1) is 0 Å². The molecule has 7 aromatic rings. The molecule has 0 unspecified atom stereocenters. The monoisotopic (exact) mass is 501 g/mol. The molecule has 4 aromatic carbocycles. The van der Waals surface area contributed by atoms with E-state index in [0.717, 1.165) is 66.5 Å². The van der Waals surface area contributed by atoms with Gasteiger partial charge >= 0.3 is 0 Å². The van der Waals surface area contributed by atoms with Gasteiger partial charge in [-0.3, -0.25) is 0 Å². The fourth-order valence-corrected chi connectivity index (χ4v) is 5.29. The third-order valence-corrected chi connectivity index (χ3v) is 7.35. The van der Waals surface area contributed by atoms with E-state index in [1.165, 1.54) is 16.7 Å². The van der Waals surface area contributed by atoms with Gasteiger partial charge in [0.05, 0.1) is 33.6 Å². The minimum Gasteiger partial charge on any atom is -0.248 e. The third-order valence-electron chi connectivity index (χ3n) is 7.35. The van der Waals surface area contributed by atoms with Crippen molar-refractivity contribution < 1.29 is 0 Å². The number of rotatable bonds is 3. The van der Waals surface area contributed by atoms with Crippen molar-refractivity contribution in [2.75, 3.05) is 0 Å². The molecule has 0 spiro atoms. The molecule has 3 heterocycles. The molecular formula is C36H27N3. The lowest BCUT2D eigenvalue weighted by Gasteiger charge is -2.12. The van der Waals surface area contributed by atoms with E-state index in [9.17, 15) is 0 Å². The second kappa shape index (κ2) is 9.14. The van der Waals surface area contributed by atoms with Gasteiger partial charge in [0.15, 0.2) is 0 Å². The number of benzene rings is 4. The van der Waals surface area contributed by atoms with E-state index in [4.69, 9.17) is 15.0 Å². The van der Waals surface area contributed by atoms with Crippen LogP contribution in [0.4, 0.5) is 0 Å². The minimum atomic E-state index is 0.933. The summed E-state index contributed by atoms with van der Waals surface area (Å²) in [6, 6.07) is 38.5. The Hall–Kier alpha value is -4.89. The molecular weight excluding hydrogens is 474 g/mol. The Morgan fingerprint density at radius 2 is 0.641 bits per heavy atom. The number of fused-ring (bicyclic) bond motifs is 3. The maximum Gasteiger partial charge on any atom is 0.0710 e. The lowest BCUT2D eigenvalue weighted by molar-refractivity contribution is 1.35. The zero-order valence-electron chi connectivity index (χ0n) is 22.2. The van der Waals surface area contributed by atoms with Crippen molar-refractivity contribution in [3.05, 3.63) is 126 Å². The van der Waals surface area contributed by atoms with Gasteiger partial charge in [-0.1, -0.05) is 53.1 Å². The van der Waals surface area contributed by atoms with Crippen molar-refractivity contribution in [2.45, 2.75) is 20.8 Å². The van der Waals surface area contributed by atoms with Crippen LogP contribution in [0, 0.1) is 20.8 Å². The quantitative estimate of drug-likeness (QED) is 0.242. The summed E-state index contributed by atoms with van der Waals surface area (Å²) in [7, 11) is 0. The highest BCUT2D eigenvalue weighted by atomic mass is 14.7. The van der Waals surface area contributed by atoms with E-state index < -0.39 is 0 Å². The molecule has 39 heavy (non-hydrogen) atoms. The average molecular weight is 502 g/mol. The predicted octanol–water partition coefficient (Wildman–Crippen LogP) is 9.26. The molecule has 0 fully saturated rings. The van der Waals surface area contributed by atoms with Crippen LogP contribution in [0.25, 0.3) is 66.5 Å². The van der Waals surface area contributed by atoms with Gasteiger partial charge in [0.1, 0.15) is 0 Å². The normalized spacial score (nSPS) is 11.5. The summed E-state index contributed by atoms with van der Waals surface area (Å²) in [6.07, 6.45) is 0. The number of hydrogen-bond acceptors (Lipinski definition) is 3. The molecule has 3 aromatic heterocycles. The van der Waals surface area contributed by atoms with E-state index in [0.29, 0.717) is 0 Å². The van der Waals surface area contributed by atoms with E-state index in [-0.39, 0.29) is 0 Å². The lowest BCUT2D eigenvalue weighted by atomic mass is 9.97. The van der Waals surface area contributed by atoms with Gasteiger partial charge in [0.25, 0.3) is 0 Å². The topological polar surface area (TPSA) is 38.7 Å². The molecule has 0 radical (unpaired) electrons. The molecule has 0 saturated carbocycles. The van der Waals surface area contributed by atoms with Crippen molar-refractivity contribution in [1.29, 1.82) is 0 Å². The summed E-state index contributed by atoms with van der Waals surface area (Å²) < 4.78 is 0. The Labute approximate surface area is 227 Å². The van der Waals surface area contributed by atoms with E-state index in [2.05, 4.69) is 130 Å². The summed E-state index contributed by atoms with van der Waals surface area (Å²) in [5.41, 5.74) is 12.6. The fraction of sp³-hybridized carbons (Fsp3) is 0.0833. The van der Waals surface area contributed by atoms with Crippen molar-refractivity contribution in [3.8, 4) is 33.8 Å². The summed E-state index contributed by atoms with van der Waals surface area (Å²) in [5, 5.41) is 3.44. The van der Waals surface area contributed by atoms with E-state index in [1.807, 2.05) is 0 Å². The standard InChI is InChI=1S/C36H27N3/c1-22-4-10-31-25(16-22)7-13-34(37-31)28-19-29(35-14-8-26-17-23(2)5-11-32(26)38-35)21-30(20-28)36-15-9-27-18-24(3)6-12-33(27)39-36/h4-21H,1-3H3. The van der Waals surface area contributed by atoms with Crippen LogP contribution in [0.1, 0.15) is 16.7 Å². The third kappa shape index (κ3) is 4.42. The molecule has 0 aliphatic heterocycles. The van der Waals surface area contributed by atoms with Gasteiger partial charge in [0.2, 0.25) is 0 Å². The zero-order valence-corrected chi connectivity index (χ0v) is 22.2. The average Bonchev–Trinajstić information content (AvgIpc) is 2.96. The Morgan fingerprint density at radius 3 is 0.949 bits per heavy atom. The Balaban J connectivity index is 1.43. The number of hydrogen-bond donors (Lipinski definition) is 0. The summed E-state index contributed by atoms with van der Waals surface area (Å²) >= 11 is 0. The summed E-state index contributed by atoms with van der Waals surface area (Å²) in [4.78, 5) is 15.1. The van der Waals surface area contributed by atoms with Crippen LogP contribution >= 0.6 is 0 Å².